The quantitative estimate of drug-likeness (QED) is 0.936. The lowest BCUT2D eigenvalue weighted by Crippen LogP contribution is -2.14. The molecule has 0 aliphatic heterocycles. The van der Waals surface area contributed by atoms with Gasteiger partial charge >= 0.3 is 0 Å². The van der Waals surface area contributed by atoms with Crippen molar-refractivity contribution in [3.05, 3.63) is 58.1 Å². The SMILES string of the molecule is COc1cc(F)c(C(N)c2ccc(F)cc2Cl)cc1OC. The minimum absolute atomic E-state index is 0.136. The first-order chi connectivity index (χ1) is 9.97. The molecule has 2 aromatic rings. The predicted octanol–water partition coefficient (Wildman–Crippen LogP) is 3.68. The molecule has 1 unspecified atom stereocenters. The molecule has 0 heterocycles. The Morgan fingerprint density at radius 1 is 1.00 bits per heavy atom. The van der Waals surface area contributed by atoms with E-state index in [1.807, 2.05) is 0 Å². The summed E-state index contributed by atoms with van der Waals surface area (Å²) in [5.41, 5.74) is 6.64. The van der Waals surface area contributed by atoms with Gasteiger partial charge in [0.25, 0.3) is 0 Å². The van der Waals surface area contributed by atoms with Gasteiger partial charge in [0.15, 0.2) is 11.5 Å². The summed E-state index contributed by atoms with van der Waals surface area (Å²) in [5.74, 6) is -0.428. The Labute approximate surface area is 126 Å². The van der Waals surface area contributed by atoms with E-state index in [9.17, 15) is 8.78 Å². The van der Waals surface area contributed by atoms with Crippen molar-refractivity contribution in [1.82, 2.24) is 0 Å². The van der Waals surface area contributed by atoms with Crippen molar-refractivity contribution in [2.45, 2.75) is 6.04 Å². The van der Waals surface area contributed by atoms with Crippen molar-refractivity contribution in [3.63, 3.8) is 0 Å². The van der Waals surface area contributed by atoms with Crippen LogP contribution in [0.3, 0.4) is 0 Å². The highest BCUT2D eigenvalue weighted by atomic mass is 35.5. The summed E-state index contributed by atoms with van der Waals surface area (Å²) in [7, 11) is 2.85. The third-order valence-electron chi connectivity index (χ3n) is 3.14. The minimum Gasteiger partial charge on any atom is -0.493 e. The van der Waals surface area contributed by atoms with Gasteiger partial charge in [0.1, 0.15) is 11.6 Å². The summed E-state index contributed by atoms with van der Waals surface area (Å²) in [6.07, 6.45) is 0. The van der Waals surface area contributed by atoms with Gasteiger partial charge in [0.05, 0.1) is 20.3 Å². The molecule has 0 saturated carbocycles. The van der Waals surface area contributed by atoms with E-state index in [1.165, 1.54) is 38.5 Å². The maximum atomic E-state index is 14.2. The molecular weight excluding hydrogens is 300 g/mol. The van der Waals surface area contributed by atoms with Gasteiger partial charge in [-0.3, -0.25) is 0 Å². The van der Waals surface area contributed by atoms with Crippen LogP contribution in [0.1, 0.15) is 17.2 Å². The van der Waals surface area contributed by atoms with Crippen LogP contribution in [-0.2, 0) is 0 Å². The molecule has 2 aromatic carbocycles. The van der Waals surface area contributed by atoms with Crippen LogP contribution in [0.5, 0.6) is 11.5 Å². The summed E-state index contributed by atoms with van der Waals surface area (Å²) >= 11 is 5.96. The van der Waals surface area contributed by atoms with Crippen LogP contribution in [0.15, 0.2) is 30.3 Å². The van der Waals surface area contributed by atoms with Crippen LogP contribution >= 0.6 is 11.6 Å². The average molecular weight is 314 g/mol. The Morgan fingerprint density at radius 2 is 1.62 bits per heavy atom. The predicted molar refractivity (Wildman–Crippen MR) is 76.9 cm³/mol. The lowest BCUT2D eigenvalue weighted by atomic mass is 9.98. The number of ether oxygens (including phenoxy) is 2. The Hall–Kier alpha value is -1.85. The maximum absolute atomic E-state index is 14.2. The first-order valence-electron chi connectivity index (χ1n) is 6.10. The summed E-state index contributed by atoms with van der Waals surface area (Å²) in [5, 5.41) is 0.136. The van der Waals surface area contributed by atoms with Gasteiger partial charge in [-0.25, -0.2) is 8.78 Å². The summed E-state index contributed by atoms with van der Waals surface area (Å²) in [6.45, 7) is 0. The molecule has 6 heteroatoms. The van der Waals surface area contributed by atoms with Crippen molar-refractivity contribution in [2.24, 2.45) is 5.73 Å². The second kappa shape index (κ2) is 6.28. The number of nitrogens with two attached hydrogens (primary N) is 1. The zero-order valence-electron chi connectivity index (χ0n) is 11.5. The highest BCUT2D eigenvalue weighted by Gasteiger charge is 2.20. The molecule has 0 radical (unpaired) electrons. The Balaban J connectivity index is 2.50. The molecule has 1 atom stereocenters. The zero-order valence-corrected chi connectivity index (χ0v) is 12.2. The van der Waals surface area contributed by atoms with E-state index in [-0.39, 0.29) is 16.3 Å². The van der Waals surface area contributed by atoms with Crippen LogP contribution < -0.4 is 15.2 Å². The van der Waals surface area contributed by atoms with E-state index in [4.69, 9.17) is 26.8 Å². The van der Waals surface area contributed by atoms with Crippen molar-refractivity contribution in [1.29, 1.82) is 0 Å². The van der Waals surface area contributed by atoms with Crippen LogP contribution in [0, 0.1) is 11.6 Å². The number of benzene rings is 2. The number of rotatable bonds is 4. The van der Waals surface area contributed by atoms with Crippen molar-refractivity contribution < 1.29 is 18.3 Å². The van der Waals surface area contributed by atoms with Gasteiger partial charge in [0.2, 0.25) is 0 Å². The molecule has 3 nitrogen and oxygen atoms in total. The van der Waals surface area contributed by atoms with E-state index in [0.717, 1.165) is 6.07 Å². The second-order valence-electron chi connectivity index (χ2n) is 4.37. The molecule has 0 bridgehead atoms. The molecule has 0 fully saturated rings. The van der Waals surface area contributed by atoms with Gasteiger partial charge < -0.3 is 15.2 Å². The number of hydrogen-bond acceptors (Lipinski definition) is 3. The first-order valence-corrected chi connectivity index (χ1v) is 6.47. The Kier molecular flexibility index (Phi) is 4.65. The standard InChI is InChI=1S/C15H14ClF2NO2/c1-20-13-6-10(12(18)7-14(13)21-2)15(19)9-4-3-8(17)5-11(9)16/h3-7,15H,19H2,1-2H3. The lowest BCUT2D eigenvalue weighted by molar-refractivity contribution is 0.351. The van der Waals surface area contributed by atoms with Crippen LogP contribution in [-0.4, -0.2) is 14.2 Å². The van der Waals surface area contributed by atoms with Crippen molar-refractivity contribution >= 4 is 11.6 Å². The molecule has 0 spiro atoms. The van der Waals surface area contributed by atoms with Crippen LogP contribution in [0.2, 0.25) is 5.02 Å². The van der Waals surface area contributed by atoms with E-state index >= 15 is 0 Å². The fourth-order valence-electron chi connectivity index (χ4n) is 2.03. The van der Waals surface area contributed by atoms with Gasteiger partial charge in [-0.1, -0.05) is 17.7 Å². The van der Waals surface area contributed by atoms with Gasteiger partial charge in [-0.05, 0) is 23.8 Å². The van der Waals surface area contributed by atoms with Crippen LogP contribution in [0.25, 0.3) is 0 Å². The van der Waals surface area contributed by atoms with Gasteiger partial charge in [0, 0.05) is 16.7 Å². The molecule has 0 aliphatic carbocycles. The monoisotopic (exact) mass is 313 g/mol. The molecule has 2 rings (SSSR count). The summed E-state index contributed by atoms with van der Waals surface area (Å²) in [6, 6.07) is 5.57. The third-order valence-corrected chi connectivity index (χ3v) is 3.46. The number of hydrogen-bond donors (Lipinski definition) is 1. The van der Waals surface area contributed by atoms with E-state index in [0.29, 0.717) is 11.3 Å². The zero-order chi connectivity index (χ0) is 15.6. The van der Waals surface area contributed by atoms with E-state index in [1.54, 1.807) is 0 Å². The molecule has 112 valence electrons. The third kappa shape index (κ3) is 3.09. The Bertz CT molecular complexity index is 664. The summed E-state index contributed by atoms with van der Waals surface area (Å²) < 4.78 is 37.4. The van der Waals surface area contributed by atoms with E-state index < -0.39 is 17.7 Å². The average Bonchev–Trinajstić information content (AvgIpc) is 2.46. The molecular formula is C15H14ClF2NO2. The minimum atomic E-state index is -0.849. The Morgan fingerprint density at radius 3 is 2.19 bits per heavy atom. The largest absolute Gasteiger partial charge is 0.493 e. The number of methoxy groups -OCH3 is 2. The first kappa shape index (κ1) is 15.5. The van der Waals surface area contributed by atoms with Crippen molar-refractivity contribution in [2.75, 3.05) is 14.2 Å². The normalized spacial score (nSPS) is 12.1. The molecule has 0 saturated heterocycles. The fourth-order valence-corrected chi connectivity index (χ4v) is 2.31. The molecule has 0 amide bonds. The van der Waals surface area contributed by atoms with E-state index in [2.05, 4.69) is 0 Å². The lowest BCUT2D eigenvalue weighted by Gasteiger charge is -2.17. The number of halogens is 3. The van der Waals surface area contributed by atoms with Gasteiger partial charge in [-0.15, -0.1) is 0 Å². The molecule has 0 aliphatic rings. The highest BCUT2D eigenvalue weighted by molar-refractivity contribution is 6.31. The molecule has 21 heavy (non-hydrogen) atoms. The smallest absolute Gasteiger partial charge is 0.163 e. The maximum Gasteiger partial charge on any atom is 0.163 e. The van der Waals surface area contributed by atoms with Crippen LogP contribution in [0.4, 0.5) is 8.78 Å². The van der Waals surface area contributed by atoms with Gasteiger partial charge in [-0.2, -0.15) is 0 Å². The molecule has 2 N–H and O–H groups in total. The summed E-state index contributed by atoms with van der Waals surface area (Å²) in [4.78, 5) is 0. The second-order valence-corrected chi connectivity index (χ2v) is 4.78. The molecule has 0 aromatic heterocycles. The highest BCUT2D eigenvalue weighted by Crippen LogP contribution is 2.35. The van der Waals surface area contributed by atoms with Crippen molar-refractivity contribution in [3.8, 4) is 11.5 Å². The topological polar surface area (TPSA) is 44.5 Å². The fraction of sp³-hybridized carbons (Fsp3) is 0.200.